The maximum Gasteiger partial charge on any atom is 0.363 e. The number of aryl methyl sites for hydroxylation is 1. The van der Waals surface area contributed by atoms with Gasteiger partial charge in [-0.3, -0.25) is 0 Å². The van der Waals surface area contributed by atoms with Gasteiger partial charge < -0.3 is 15.0 Å². The maximum absolute atomic E-state index is 12.6. The fraction of sp³-hybridized carbons (Fsp3) is 0.429. The van der Waals surface area contributed by atoms with E-state index in [9.17, 15) is 13.2 Å². The average molecular weight is 447 g/mol. The van der Waals surface area contributed by atoms with Crippen molar-refractivity contribution >= 4 is 22.0 Å². The number of hydrogen-bond acceptors (Lipinski definition) is 7. The molecule has 1 aromatic carbocycles. The van der Waals surface area contributed by atoms with E-state index in [0.717, 1.165) is 48.1 Å². The molecule has 0 spiro atoms. The zero-order chi connectivity index (χ0) is 22.0. The Balaban J connectivity index is 1.57. The number of urea groups is 1. The van der Waals surface area contributed by atoms with Crippen LogP contribution in [-0.2, 0) is 27.3 Å². The number of fused-ring (bicyclic) bond motifs is 1. The lowest BCUT2D eigenvalue weighted by Gasteiger charge is -2.17. The third-order valence-electron chi connectivity index (χ3n) is 5.60. The zero-order valence-electron chi connectivity index (χ0n) is 17.6. The minimum absolute atomic E-state index is 0.450. The molecule has 2 heterocycles. The van der Waals surface area contributed by atoms with Crippen LogP contribution in [0.5, 0.6) is 5.88 Å². The van der Waals surface area contributed by atoms with Crippen molar-refractivity contribution in [1.82, 2.24) is 14.6 Å². The SMILES string of the molecule is COc1cc(-c2ccc3c(c2NC(=O)NS(=O)(=O)OC2CCN(C)C2)CCC3)ccn1. The highest BCUT2D eigenvalue weighted by molar-refractivity contribution is 7.85. The van der Waals surface area contributed by atoms with Gasteiger partial charge in [0.15, 0.2) is 0 Å². The van der Waals surface area contributed by atoms with Crippen molar-refractivity contribution in [2.24, 2.45) is 0 Å². The number of amides is 2. The molecule has 9 nitrogen and oxygen atoms in total. The molecule has 2 aliphatic rings. The number of ether oxygens (including phenoxy) is 1. The summed E-state index contributed by atoms with van der Waals surface area (Å²) in [6, 6.07) is 6.71. The van der Waals surface area contributed by atoms with Crippen molar-refractivity contribution in [1.29, 1.82) is 0 Å². The number of aromatic nitrogens is 1. The topological polar surface area (TPSA) is 110 Å². The summed E-state index contributed by atoms with van der Waals surface area (Å²) in [6.45, 7) is 1.25. The lowest BCUT2D eigenvalue weighted by Crippen LogP contribution is -2.38. The van der Waals surface area contributed by atoms with Gasteiger partial charge in [0.25, 0.3) is 0 Å². The van der Waals surface area contributed by atoms with Gasteiger partial charge in [-0.2, -0.15) is 8.42 Å². The van der Waals surface area contributed by atoms with Crippen molar-refractivity contribution in [3.05, 3.63) is 41.6 Å². The number of carbonyl (C=O) groups excluding carboxylic acids is 1. The normalized spacial score (nSPS) is 18.6. The Kier molecular flexibility index (Phi) is 6.12. The number of pyridine rings is 1. The van der Waals surface area contributed by atoms with Gasteiger partial charge in [-0.05, 0) is 55.5 Å². The molecular formula is C21H26N4O5S. The molecule has 1 aliphatic carbocycles. The van der Waals surface area contributed by atoms with Gasteiger partial charge in [-0.15, -0.1) is 0 Å². The van der Waals surface area contributed by atoms with E-state index in [1.807, 2.05) is 34.9 Å². The predicted octanol–water partition coefficient (Wildman–Crippen LogP) is 2.33. The standard InChI is InChI=1S/C21H26N4O5S/c1-25-11-9-16(13-25)30-31(27,28)24-21(26)23-20-17-5-3-4-14(17)6-7-18(20)15-8-10-22-19(12-15)29-2/h6-8,10,12,16H,3-5,9,11,13H2,1-2H3,(H2,23,24,26). The fourth-order valence-corrected chi connectivity index (χ4v) is 5.01. The van der Waals surface area contributed by atoms with Crippen LogP contribution in [-0.4, -0.2) is 57.7 Å². The van der Waals surface area contributed by atoms with Gasteiger partial charge in [-0.1, -0.05) is 12.1 Å². The fourth-order valence-electron chi connectivity index (χ4n) is 4.17. The molecule has 31 heavy (non-hydrogen) atoms. The molecule has 1 unspecified atom stereocenters. The molecule has 2 amide bonds. The van der Waals surface area contributed by atoms with E-state index in [4.69, 9.17) is 8.92 Å². The molecule has 0 radical (unpaired) electrons. The Morgan fingerprint density at radius 2 is 2.10 bits per heavy atom. The number of likely N-dealkylation sites (tertiary alicyclic amines) is 1. The third kappa shape index (κ3) is 4.97. The van der Waals surface area contributed by atoms with Gasteiger partial charge in [0.2, 0.25) is 5.88 Å². The predicted molar refractivity (Wildman–Crippen MR) is 116 cm³/mol. The second-order valence-electron chi connectivity index (χ2n) is 7.85. The second kappa shape index (κ2) is 8.81. The molecule has 2 N–H and O–H groups in total. The van der Waals surface area contributed by atoms with Crippen molar-refractivity contribution in [3.8, 4) is 17.0 Å². The summed E-state index contributed by atoms with van der Waals surface area (Å²) in [5, 5.41) is 2.76. The van der Waals surface area contributed by atoms with Crippen LogP contribution in [0.25, 0.3) is 11.1 Å². The van der Waals surface area contributed by atoms with E-state index in [2.05, 4.69) is 10.3 Å². The Labute approximate surface area is 182 Å². The van der Waals surface area contributed by atoms with Crippen molar-refractivity contribution in [2.75, 3.05) is 32.6 Å². The number of benzene rings is 1. The van der Waals surface area contributed by atoms with Crippen LogP contribution >= 0.6 is 0 Å². The van der Waals surface area contributed by atoms with E-state index in [1.165, 1.54) is 7.11 Å². The minimum atomic E-state index is -4.23. The lowest BCUT2D eigenvalue weighted by atomic mass is 9.98. The number of nitrogens with one attached hydrogen (secondary N) is 2. The van der Waals surface area contributed by atoms with E-state index in [-0.39, 0.29) is 0 Å². The summed E-state index contributed by atoms with van der Waals surface area (Å²) < 4.78 is 37.0. The molecular weight excluding hydrogens is 420 g/mol. The number of nitrogens with zero attached hydrogens (tertiary/aromatic N) is 2. The summed E-state index contributed by atoms with van der Waals surface area (Å²) in [4.78, 5) is 18.7. The van der Waals surface area contributed by atoms with Crippen LogP contribution in [0.15, 0.2) is 30.5 Å². The first kappa shape index (κ1) is 21.5. The van der Waals surface area contributed by atoms with Crippen LogP contribution in [0.1, 0.15) is 24.0 Å². The number of rotatable bonds is 6. The number of carbonyl (C=O) groups is 1. The maximum atomic E-state index is 12.6. The van der Waals surface area contributed by atoms with Crippen LogP contribution in [0.3, 0.4) is 0 Å². The molecule has 1 fully saturated rings. The van der Waals surface area contributed by atoms with Crippen molar-refractivity contribution in [2.45, 2.75) is 31.8 Å². The highest BCUT2D eigenvalue weighted by Crippen LogP contribution is 2.38. The molecule has 4 rings (SSSR count). The van der Waals surface area contributed by atoms with E-state index < -0.39 is 22.4 Å². The van der Waals surface area contributed by atoms with Gasteiger partial charge in [0, 0.05) is 30.9 Å². The first-order valence-corrected chi connectivity index (χ1v) is 11.6. The van der Waals surface area contributed by atoms with Crippen LogP contribution in [0, 0.1) is 0 Å². The largest absolute Gasteiger partial charge is 0.481 e. The molecule has 2 aromatic rings. The van der Waals surface area contributed by atoms with Gasteiger partial charge in [0.1, 0.15) is 0 Å². The first-order valence-electron chi connectivity index (χ1n) is 10.2. The number of likely N-dealkylation sites (N-methyl/N-ethyl adjacent to an activating group) is 1. The summed E-state index contributed by atoms with van der Waals surface area (Å²) in [6.07, 6.45) is 4.46. The van der Waals surface area contributed by atoms with E-state index in [1.54, 1.807) is 12.3 Å². The van der Waals surface area contributed by atoms with Crippen LogP contribution in [0.2, 0.25) is 0 Å². The van der Waals surface area contributed by atoms with E-state index >= 15 is 0 Å². The summed E-state index contributed by atoms with van der Waals surface area (Å²) in [5.41, 5.74) is 4.33. The van der Waals surface area contributed by atoms with Gasteiger partial charge >= 0.3 is 16.3 Å². The van der Waals surface area contributed by atoms with Crippen molar-refractivity contribution < 1.29 is 22.1 Å². The van der Waals surface area contributed by atoms with Gasteiger partial charge in [-0.25, -0.2) is 18.7 Å². The monoisotopic (exact) mass is 446 g/mol. The molecule has 166 valence electrons. The summed E-state index contributed by atoms with van der Waals surface area (Å²) in [7, 11) is -0.802. The average Bonchev–Trinajstić information content (AvgIpc) is 3.36. The third-order valence-corrected chi connectivity index (χ3v) is 6.57. The number of anilines is 1. The Morgan fingerprint density at radius 3 is 2.84 bits per heavy atom. The summed E-state index contributed by atoms with van der Waals surface area (Å²) >= 11 is 0. The molecule has 0 saturated carbocycles. The lowest BCUT2D eigenvalue weighted by molar-refractivity contribution is 0.210. The first-order chi connectivity index (χ1) is 14.8. The Morgan fingerprint density at radius 1 is 1.26 bits per heavy atom. The molecule has 1 aliphatic heterocycles. The van der Waals surface area contributed by atoms with Crippen LogP contribution < -0.4 is 14.8 Å². The quantitative estimate of drug-likeness (QED) is 0.701. The molecule has 10 heteroatoms. The zero-order valence-corrected chi connectivity index (χ0v) is 18.4. The highest BCUT2D eigenvalue weighted by Gasteiger charge is 2.28. The molecule has 1 saturated heterocycles. The van der Waals surface area contributed by atoms with E-state index in [0.29, 0.717) is 24.5 Å². The second-order valence-corrected chi connectivity index (χ2v) is 9.15. The number of methoxy groups -OCH3 is 1. The minimum Gasteiger partial charge on any atom is -0.481 e. The van der Waals surface area contributed by atoms with Crippen LogP contribution in [0.4, 0.5) is 10.5 Å². The Hall–Kier alpha value is -2.69. The molecule has 1 atom stereocenters. The molecule has 0 bridgehead atoms. The highest BCUT2D eigenvalue weighted by atomic mass is 32.2. The summed E-state index contributed by atoms with van der Waals surface area (Å²) in [5.74, 6) is 0.450. The smallest absolute Gasteiger partial charge is 0.363 e. The van der Waals surface area contributed by atoms with Gasteiger partial charge in [0.05, 0.1) is 18.9 Å². The van der Waals surface area contributed by atoms with Crippen molar-refractivity contribution in [3.63, 3.8) is 0 Å². The Bertz CT molecular complexity index is 1090. The number of hydrogen-bond donors (Lipinski definition) is 2. The molecule has 1 aromatic heterocycles.